The molecule has 0 radical (unpaired) electrons. The molecule has 19 heavy (non-hydrogen) atoms. The molecule has 0 unspecified atom stereocenters. The molecule has 2 amide bonds. The second-order valence-electron chi connectivity index (χ2n) is 5.05. The summed E-state index contributed by atoms with van der Waals surface area (Å²) in [5, 5.41) is 4.08. The monoisotopic (exact) mass is 264 g/mol. The van der Waals surface area contributed by atoms with E-state index in [1.165, 1.54) is 0 Å². The lowest BCUT2D eigenvalue weighted by molar-refractivity contribution is -0.135. The molecule has 2 rings (SSSR count). The third-order valence-electron chi connectivity index (χ3n) is 3.50. The minimum atomic E-state index is -0.200. The number of likely N-dealkylation sites (tertiary alicyclic amines) is 1. The van der Waals surface area contributed by atoms with Crippen molar-refractivity contribution in [1.82, 2.24) is 19.6 Å². The van der Waals surface area contributed by atoms with Crippen LogP contribution in [0.15, 0.2) is 12.4 Å². The first-order chi connectivity index (χ1) is 9.01. The number of nitrogens with zero attached hydrogens (tertiary/aromatic N) is 4. The van der Waals surface area contributed by atoms with Gasteiger partial charge in [0.15, 0.2) is 0 Å². The summed E-state index contributed by atoms with van der Waals surface area (Å²) >= 11 is 0. The zero-order valence-corrected chi connectivity index (χ0v) is 11.7. The van der Waals surface area contributed by atoms with E-state index in [0.29, 0.717) is 26.1 Å². The van der Waals surface area contributed by atoms with Gasteiger partial charge in [0.05, 0.1) is 12.1 Å². The minimum absolute atomic E-state index is 0.0353. The van der Waals surface area contributed by atoms with Crippen LogP contribution in [0.25, 0.3) is 0 Å². The van der Waals surface area contributed by atoms with Crippen molar-refractivity contribution in [2.75, 3.05) is 20.1 Å². The Morgan fingerprint density at radius 3 is 2.84 bits per heavy atom. The van der Waals surface area contributed by atoms with Crippen molar-refractivity contribution in [3.05, 3.63) is 18.0 Å². The van der Waals surface area contributed by atoms with Crippen LogP contribution in [-0.2, 0) is 23.2 Å². The van der Waals surface area contributed by atoms with Gasteiger partial charge >= 0.3 is 0 Å². The van der Waals surface area contributed by atoms with E-state index in [-0.39, 0.29) is 17.7 Å². The van der Waals surface area contributed by atoms with Gasteiger partial charge in [-0.1, -0.05) is 0 Å². The Morgan fingerprint density at radius 1 is 1.58 bits per heavy atom. The van der Waals surface area contributed by atoms with Crippen molar-refractivity contribution in [3.63, 3.8) is 0 Å². The van der Waals surface area contributed by atoms with Crippen LogP contribution in [0.4, 0.5) is 0 Å². The number of hydrogen-bond donors (Lipinski definition) is 0. The third kappa shape index (κ3) is 2.94. The van der Waals surface area contributed by atoms with Crippen molar-refractivity contribution in [2.45, 2.75) is 19.9 Å². The lowest BCUT2D eigenvalue weighted by Gasteiger charge is -2.20. The summed E-state index contributed by atoms with van der Waals surface area (Å²) < 4.78 is 1.71. The van der Waals surface area contributed by atoms with E-state index in [4.69, 9.17) is 0 Å². The Labute approximate surface area is 113 Å². The van der Waals surface area contributed by atoms with Gasteiger partial charge in [0, 0.05) is 51.9 Å². The fourth-order valence-electron chi connectivity index (χ4n) is 2.46. The first-order valence-electron chi connectivity index (χ1n) is 6.51. The summed E-state index contributed by atoms with van der Waals surface area (Å²) in [6.45, 7) is 3.69. The molecule has 1 aliphatic rings. The lowest BCUT2D eigenvalue weighted by Crippen LogP contribution is -2.34. The Kier molecular flexibility index (Phi) is 3.87. The van der Waals surface area contributed by atoms with Crippen molar-refractivity contribution in [1.29, 1.82) is 0 Å². The zero-order valence-electron chi connectivity index (χ0n) is 11.7. The predicted molar refractivity (Wildman–Crippen MR) is 70.0 cm³/mol. The van der Waals surface area contributed by atoms with Gasteiger partial charge in [-0.15, -0.1) is 0 Å². The summed E-state index contributed by atoms with van der Waals surface area (Å²) in [6.07, 6.45) is 3.98. The fraction of sp³-hybridized carbons (Fsp3) is 0.615. The highest BCUT2D eigenvalue weighted by Gasteiger charge is 2.34. The second kappa shape index (κ2) is 5.42. The quantitative estimate of drug-likeness (QED) is 0.783. The number of aryl methyl sites for hydroxylation is 1. The zero-order chi connectivity index (χ0) is 14.0. The molecule has 1 aliphatic heterocycles. The lowest BCUT2D eigenvalue weighted by atomic mass is 10.1. The van der Waals surface area contributed by atoms with Crippen LogP contribution in [0.5, 0.6) is 0 Å². The summed E-state index contributed by atoms with van der Waals surface area (Å²) in [6, 6.07) is 0. The van der Waals surface area contributed by atoms with Crippen molar-refractivity contribution in [3.8, 4) is 0 Å². The Hall–Kier alpha value is -1.85. The molecule has 104 valence electrons. The fourth-order valence-corrected chi connectivity index (χ4v) is 2.46. The summed E-state index contributed by atoms with van der Waals surface area (Å²) in [7, 11) is 3.62. The number of aromatic nitrogens is 2. The summed E-state index contributed by atoms with van der Waals surface area (Å²) in [5.74, 6) is -0.0853. The molecule has 0 bridgehead atoms. The SMILES string of the molecule is CCN1C[C@H](C(=O)N(C)Cc2cnn(C)c2)CC1=O. The van der Waals surface area contributed by atoms with E-state index in [9.17, 15) is 9.59 Å². The van der Waals surface area contributed by atoms with Crippen LogP contribution in [0, 0.1) is 5.92 Å². The van der Waals surface area contributed by atoms with E-state index in [2.05, 4.69) is 5.10 Å². The maximum Gasteiger partial charge on any atom is 0.228 e. The number of hydrogen-bond acceptors (Lipinski definition) is 3. The number of carbonyl (C=O) groups excluding carboxylic acids is 2. The van der Waals surface area contributed by atoms with E-state index >= 15 is 0 Å². The first kappa shape index (κ1) is 13.6. The highest BCUT2D eigenvalue weighted by atomic mass is 16.2. The molecule has 0 aliphatic carbocycles. The topological polar surface area (TPSA) is 58.4 Å². The second-order valence-corrected chi connectivity index (χ2v) is 5.05. The normalized spacial score (nSPS) is 19.0. The number of carbonyl (C=O) groups is 2. The van der Waals surface area contributed by atoms with E-state index in [0.717, 1.165) is 5.56 Å². The van der Waals surface area contributed by atoms with Crippen LogP contribution < -0.4 is 0 Å². The molecule has 0 aromatic carbocycles. The average Bonchev–Trinajstić information content (AvgIpc) is 2.94. The molecule has 2 heterocycles. The molecule has 1 aromatic rings. The van der Waals surface area contributed by atoms with Gasteiger partial charge in [-0.3, -0.25) is 14.3 Å². The molecule has 1 atom stereocenters. The van der Waals surface area contributed by atoms with Crippen LogP contribution in [0.1, 0.15) is 18.9 Å². The smallest absolute Gasteiger partial charge is 0.228 e. The first-order valence-corrected chi connectivity index (χ1v) is 6.51. The Balaban J connectivity index is 1.94. The predicted octanol–water partition coefficient (Wildman–Crippen LogP) is 0.247. The van der Waals surface area contributed by atoms with Gasteiger partial charge in [-0.05, 0) is 6.92 Å². The highest BCUT2D eigenvalue weighted by molar-refractivity contribution is 5.89. The van der Waals surface area contributed by atoms with Crippen LogP contribution >= 0.6 is 0 Å². The van der Waals surface area contributed by atoms with E-state index in [1.807, 2.05) is 20.2 Å². The molecule has 1 fully saturated rings. The Bertz CT molecular complexity index is 483. The molecule has 0 spiro atoms. The Morgan fingerprint density at radius 2 is 2.32 bits per heavy atom. The van der Waals surface area contributed by atoms with Crippen molar-refractivity contribution in [2.24, 2.45) is 13.0 Å². The standard InChI is InChI=1S/C13H20N4O2/c1-4-17-9-11(5-12(17)18)13(19)15(2)7-10-6-14-16(3)8-10/h6,8,11H,4-5,7,9H2,1-3H3/t11-/m1/s1. The molecule has 6 nitrogen and oxygen atoms in total. The van der Waals surface area contributed by atoms with Gasteiger partial charge < -0.3 is 9.80 Å². The van der Waals surface area contributed by atoms with Gasteiger partial charge in [0.25, 0.3) is 0 Å². The maximum atomic E-state index is 12.3. The number of amides is 2. The van der Waals surface area contributed by atoms with Gasteiger partial charge in [-0.2, -0.15) is 5.10 Å². The largest absolute Gasteiger partial charge is 0.342 e. The van der Waals surface area contributed by atoms with Crippen molar-refractivity contribution >= 4 is 11.8 Å². The molecule has 1 aromatic heterocycles. The van der Waals surface area contributed by atoms with Crippen LogP contribution in [0.2, 0.25) is 0 Å². The molecule has 0 N–H and O–H groups in total. The maximum absolute atomic E-state index is 12.3. The number of rotatable bonds is 4. The van der Waals surface area contributed by atoms with Crippen LogP contribution in [0.3, 0.4) is 0 Å². The van der Waals surface area contributed by atoms with E-state index < -0.39 is 0 Å². The van der Waals surface area contributed by atoms with E-state index in [1.54, 1.807) is 27.7 Å². The van der Waals surface area contributed by atoms with Crippen LogP contribution in [-0.4, -0.2) is 51.5 Å². The van der Waals surface area contributed by atoms with Gasteiger partial charge in [-0.25, -0.2) is 0 Å². The van der Waals surface area contributed by atoms with Gasteiger partial charge in [0.1, 0.15) is 0 Å². The third-order valence-corrected chi connectivity index (χ3v) is 3.50. The highest BCUT2D eigenvalue weighted by Crippen LogP contribution is 2.20. The summed E-state index contributed by atoms with van der Waals surface area (Å²) in [4.78, 5) is 27.3. The molecule has 6 heteroatoms. The summed E-state index contributed by atoms with van der Waals surface area (Å²) in [5.41, 5.74) is 0.995. The van der Waals surface area contributed by atoms with Gasteiger partial charge in [0.2, 0.25) is 11.8 Å². The molecule has 0 saturated carbocycles. The average molecular weight is 264 g/mol. The molecular weight excluding hydrogens is 244 g/mol. The molecular formula is C13H20N4O2. The van der Waals surface area contributed by atoms with Crippen molar-refractivity contribution < 1.29 is 9.59 Å². The molecule has 1 saturated heterocycles. The minimum Gasteiger partial charge on any atom is -0.342 e.